The minimum atomic E-state index is -1.14. The lowest BCUT2D eigenvalue weighted by Gasteiger charge is -2.35. The van der Waals surface area contributed by atoms with Crippen molar-refractivity contribution in [1.82, 2.24) is 25.8 Å². The van der Waals surface area contributed by atoms with E-state index in [1.54, 1.807) is 0 Å². The van der Waals surface area contributed by atoms with Crippen molar-refractivity contribution < 1.29 is 38.9 Å². The van der Waals surface area contributed by atoms with Gasteiger partial charge in [0.1, 0.15) is 11.6 Å². The third-order valence-corrected chi connectivity index (χ3v) is 8.47. The highest BCUT2D eigenvalue weighted by atomic mass is 16.6. The van der Waals surface area contributed by atoms with E-state index >= 15 is 0 Å². The number of nitrogens with zero attached hydrogens (tertiary/aromatic N) is 2. The van der Waals surface area contributed by atoms with Gasteiger partial charge in [-0.2, -0.15) is 0 Å². The quantitative estimate of drug-likeness (QED) is 0.240. The van der Waals surface area contributed by atoms with Gasteiger partial charge < -0.3 is 40.7 Å². The van der Waals surface area contributed by atoms with Crippen LogP contribution >= 0.6 is 0 Å². The molecular weight excluding hydrogens is 630 g/mol. The molecule has 5 amide bonds. The Bertz CT molecular complexity index is 1260. The normalized spacial score (nSPS) is 18.9. The van der Waals surface area contributed by atoms with Crippen LogP contribution in [0.1, 0.15) is 105 Å². The molecule has 13 nitrogen and oxygen atoms in total. The number of carboxylic acid groups (broad SMARTS) is 1. The van der Waals surface area contributed by atoms with E-state index in [1.165, 1.54) is 10.5 Å². The van der Waals surface area contributed by atoms with Crippen LogP contribution in [0.25, 0.3) is 0 Å². The Morgan fingerprint density at radius 1 is 1.02 bits per heavy atom. The molecule has 5 N–H and O–H groups in total. The molecule has 1 saturated carbocycles. The Labute approximate surface area is 291 Å². The molecule has 13 heteroatoms. The van der Waals surface area contributed by atoms with Crippen LogP contribution in [0.15, 0.2) is 24.3 Å². The average Bonchev–Trinajstić information content (AvgIpc) is 3.73. The highest BCUT2D eigenvalue weighted by Crippen LogP contribution is 2.26. The van der Waals surface area contributed by atoms with Crippen LogP contribution in [0.4, 0.5) is 9.59 Å². The lowest BCUT2D eigenvalue weighted by atomic mass is 9.85. The van der Waals surface area contributed by atoms with E-state index in [2.05, 4.69) is 28.9 Å². The fourth-order valence-electron chi connectivity index (χ4n) is 5.59. The zero-order valence-electron chi connectivity index (χ0n) is 30.6. The number of alkyl carbamates (subject to hydrolysis) is 1. The summed E-state index contributed by atoms with van der Waals surface area (Å²) in [5.41, 5.74) is 1.48. The summed E-state index contributed by atoms with van der Waals surface area (Å²) in [4.78, 5) is 60.5. The predicted molar refractivity (Wildman–Crippen MR) is 187 cm³/mol. The first-order valence-corrected chi connectivity index (χ1v) is 17.4. The number of ether oxygens (including phenoxy) is 1. The van der Waals surface area contributed by atoms with Gasteiger partial charge in [0.15, 0.2) is 6.10 Å². The lowest BCUT2D eigenvalue weighted by Crippen LogP contribution is -2.56. The summed E-state index contributed by atoms with van der Waals surface area (Å²) in [6.45, 7) is 17.2. The van der Waals surface area contributed by atoms with Crippen molar-refractivity contribution in [2.45, 2.75) is 143 Å². The first kappa shape index (κ1) is 41.3. The van der Waals surface area contributed by atoms with Crippen LogP contribution in [-0.4, -0.2) is 99.4 Å². The summed E-state index contributed by atoms with van der Waals surface area (Å²) in [5, 5.41) is 26.4. The third-order valence-electron chi connectivity index (χ3n) is 8.47. The number of amides is 5. The van der Waals surface area contributed by atoms with E-state index in [0.29, 0.717) is 25.9 Å². The Balaban J connectivity index is 0.000000263. The zero-order valence-corrected chi connectivity index (χ0v) is 30.6. The highest BCUT2D eigenvalue weighted by molar-refractivity contribution is 5.87. The molecule has 3 unspecified atom stereocenters. The number of aliphatic hydroxyl groups excluding tert-OH is 1. The Morgan fingerprint density at radius 3 is 2.14 bits per heavy atom. The largest absolute Gasteiger partial charge is 0.465 e. The van der Waals surface area contributed by atoms with Crippen molar-refractivity contribution in [2.24, 2.45) is 5.41 Å². The molecule has 49 heavy (non-hydrogen) atoms. The molecule has 276 valence electrons. The second-order valence-electron chi connectivity index (χ2n) is 15.1. The predicted octanol–water partition coefficient (Wildman–Crippen LogP) is 4.20. The summed E-state index contributed by atoms with van der Waals surface area (Å²) >= 11 is 0. The molecule has 1 saturated heterocycles. The second kappa shape index (κ2) is 18.8. The molecule has 0 spiro atoms. The molecule has 2 fully saturated rings. The summed E-state index contributed by atoms with van der Waals surface area (Å²) < 4.78 is 5.28. The molecular formula is C36H59N5O8. The second-order valence-corrected chi connectivity index (χ2v) is 15.1. The van der Waals surface area contributed by atoms with Gasteiger partial charge in [0, 0.05) is 31.7 Å². The number of benzene rings is 1. The van der Waals surface area contributed by atoms with Gasteiger partial charge in [-0.25, -0.2) is 9.59 Å². The maximum atomic E-state index is 12.8. The molecule has 0 aromatic heterocycles. The molecule has 4 rings (SSSR count). The van der Waals surface area contributed by atoms with E-state index in [0.717, 1.165) is 50.6 Å². The summed E-state index contributed by atoms with van der Waals surface area (Å²) in [6, 6.07) is 7.41. The summed E-state index contributed by atoms with van der Waals surface area (Å²) in [6.07, 6.45) is 4.27. The molecule has 4 atom stereocenters. The zero-order chi connectivity index (χ0) is 36.9. The number of carbonyl (C=O) groups is 5. The number of aliphatic hydroxyl groups is 1. The smallest absolute Gasteiger partial charge is 0.408 e. The van der Waals surface area contributed by atoms with Crippen LogP contribution in [-0.2, 0) is 32.1 Å². The average molecular weight is 690 g/mol. The fraction of sp³-hybridized carbons (Fsp3) is 0.694. The maximum absolute atomic E-state index is 12.8. The van der Waals surface area contributed by atoms with E-state index in [9.17, 15) is 29.1 Å². The molecule has 1 aromatic rings. The number of fused-ring (bicyclic) bond motifs is 1. The van der Waals surface area contributed by atoms with E-state index in [-0.39, 0.29) is 29.3 Å². The number of carbonyl (C=O) groups excluding carboxylic acids is 4. The molecule has 1 aromatic carbocycles. The van der Waals surface area contributed by atoms with Crippen LogP contribution < -0.4 is 16.0 Å². The summed E-state index contributed by atoms with van der Waals surface area (Å²) in [7, 11) is 0. The first-order chi connectivity index (χ1) is 22.9. The van der Waals surface area contributed by atoms with Crippen molar-refractivity contribution in [3.05, 3.63) is 35.4 Å². The summed E-state index contributed by atoms with van der Waals surface area (Å²) in [5.74, 6) is -0.399. The molecule has 3 aliphatic rings. The van der Waals surface area contributed by atoms with Crippen LogP contribution in [0, 0.1) is 5.41 Å². The maximum Gasteiger partial charge on any atom is 0.408 e. The first-order valence-electron chi connectivity index (χ1n) is 17.4. The highest BCUT2D eigenvalue weighted by Gasteiger charge is 2.39. The van der Waals surface area contributed by atoms with Crippen LogP contribution in [0.2, 0.25) is 0 Å². The van der Waals surface area contributed by atoms with Gasteiger partial charge in [-0.05, 0) is 82.8 Å². The Morgan fingerprint density at radius 2 is 1.65 bits per heavy atom. The van der Waals surface area contributed by atoms with Gasteiger partial charge in [-0.3, -0.25) is 14.4 Å². The number of likely N-dealkylation sites (tertiary alicyclic amines) is 1. The topological polar surface area (TPSA) is 178 Å². The standard InChI is InChI=1S/C16H30N2O3.C10H18N2O3.C10H11NO2/c1-11-9-8-10-18(11)13(19)12(15(2,3)4)17-14(20)21-16(5,6)7;1-2-3-8(11-6-13)9(14)10(15)12-7-4-5-7;12-10(13)11-6-5-8-3-1-2-4-9(8)7-11/h11-12H,8-10H2,1-7H3,(H,17,20);6-9,14H,2-5H2,1H3,(H,11,13)(H,12,15);1-4H,5-7H2,(H,12,13)/t11?,12-;;/m1../s1. The van der Waals surface area contributed by atoms with E-state index in [1.807, 2.05) is 71.6 Å². The van der Waals surface area contributed by atoms with E-state index < -0.39 is 36.0 Å². The van der Waals surface area contributed by atoms with Crippen molar-refractivity contribution >= 4 is 30.4 Å². The number of hydrogen-bond donors (Lipinski definition) is 5. The molecule has 0 bridgehead atoms. The van der Waals surface area contributed by atoms with Gasteiger partial charge >= 0.3 is 12.2 Å². The minimum absolute atomic E-state index is 0.0154. The van der Waals surface area contributed by atoms with Crippen molar-refractivity contribution in [3.8, 4) is 0 Å². The molecule has 2 heterocycles. The Hall–Kier alpha value is -3.87. The minimum Gasteiger partial charge on any atom is -0.465 e. The SMILES string of the molecule is CC1CCCN1C(=O)[C@@H](NC(=O)OC(C)(C)C)C(C)(C)C.CCCC(NC=O)C(O)C(=O)NC1CC1.O=C(O)N1CCc2ccccc2C1. The van der Waals surface area contributed by atoms with Crippen LogP contribution in [0.5, 0.6) is 0 Å². The molecule has 0 radical (unpaired) electrons. The molecule has 1 aliphatic carbocycles. The van der Waals surface area contributed by atoms with Gasteiger partial charge in [-0.15, -0.1) is 0 Å². The monoisotopic (exact) mass is 689 g/mol. The lowest BCUT2D eigenvalue weighted by molar-refractivity contribution is -0.136. The number of nitrogens with one attached hydrogen (secondary N) is 3. The fourth-order valence-corrected chi connectivity index (χ4v) is 5.59. The van der Waals surface area contributed by atoms with Crippen molar-refractivity contribution in [2.75, 3.05) is 13.1 Å². The van der Waals surface area contributed by atoms with Gasteiger partial charge in [0.2, 0.25) is 12.3 Å². The van der Waals surface area contributed by atoms with Crippen molar-refractivity contribution in [3.63, 3.8) is 0 Å². The van der Waals surface area contributed by atoms with Crippen molar-refractivity contribution in [1.29, 1.82) is 0 Å². The molecule has 2 aliphatic heterocycles. The van der Waals surface area contributed by atoms with Gasteiger partial charge in [0.05, 0.1) is 6.04 Å². The van der Waals surface area contributed by atoms with E-state index in [4.69, 9.17) is 9.84 Å². The van der Waals surface area contributed by atoms with Gasteiger partial charge in [0.25, 0.3) is 5.91 Å². The Kier molecular flexibility index (Phi) is 15.8. The van der Waals surface area contributed by atoms with Gasteiger partial charge in [-0.1, -0.05) is 58.4 Å². The number of hydrogen-bond acceptors (Lipinski definition) is 7. The third kappa shape index (κ3) is 14.3. The number of rotatable bonds is 9. The van der Waals surface area contributed by atoms with Crippen LogP contribution in [0.3, 0.4) is 0 Å².